The maximum atomic E-state index is 13.0. The maximum Gasteiger partial charge on any atom is 0.183 e. The van der Waals surface area contributed by atoms with Gasteiger partial charge in [0.25, 0.3) is 0 Å². The summed E-state index contributed by atoms with van der Waals surface area (Å²) in [5.74, 6) is 1.23. The number of hydrogen-bond donors (Lipinski definition) is 3. The van der Waals surface area contributed by atoms with E-state index in [2.05, 4.69) is 28.9 Å². The average Bonchev–Trinajstić information content (AvgIpc) is 3.08. The largest absolute Gasteiger partial charge is 0.508 e. The molecular weight excluding hydrogens is 406 g/mol. The number of aromatic nitrogens is 1. The number of rotatable bonds is 8. The van der Waals surface area contributed by atoms with E-state index in [0.29, 0.717) is 22.3 Å². The minimum Gasteiger partial charge on any atom is -0.508 e. The van der Waals surface area contributed by atoms with Crippen molar-refractivity contribution in [2.75, 3.05) is 23.7 Å². The third-order valence-electron chi connectivity index (χ3n) is 4.16. The normalized spacial score (nSPS) is 12.0. The van der Waals surface area contributed by atoms with Gasteiger partial charge >= 0.3 is 0 Å². The van der Waals surface area contributed by atoms with Gasteiger partial charge in [-0.2, -0.15) is 0 Å². The van der Waals surface area contributed by atoms with Gasteiger partial charge in [-0.25, -0.2) is 9.19 Å². The first-order valence-electron chi connectivity index (χ1n) is 9.24. The summed E-state index contributed by atoms with van der Waals surface area (Å²) in [4.78, 5) is 6.19. The fourth-order valence-corrected chi connectivity index (χ4v) is 4.68. The lowest BCUT2D eigenvalue weighted by Gasteiger charge is -2.12. The molecule has 0 aliphatic heterocycles. The van der Waals surface area contributed by atoms with Crippen LogP contribution in [0.2, 0.25) is 0 Å². The summed E-state index contributed by atoms with van der Waals surface area (Å²) in [5, 5.41) is 13.7. The van der Waals surface area contributed by atoms with Crippen molar-refractivity contribution >= 4 is 33.1 Å². The van der Waals surface area contributed by atoms with Gasteiger partial charge in [-0.1, -0.05) is 25.2 Å². The molecule has 2 aromatic carbocycles. The molecule has 0 spiro atoms. The fourth-order valence-electron chi connectivity index (χ4n) is 2.69. The molecule has 0 radical (unpaired) electrons. The Morgan fingerprint density at radius 2 is 1.93 bits per heavy atom. The van der Waals surface area contributed by atoms with Gasteiger partial charge in [-0.15, -0.1) is 0 Å². The van der Waals surface area contributed by atoms with Gasteiger partial charge in [0.2, 0.25) is 0 Å². The van der Waals surface area contributed by atoms with Crippen LogP contribution in [0.3, 0.4) is 0 Å². The van der Waals surface area contributed by atoms with E-state index in [9.17, 15) is 9.32 Å². The predicted molar refractivity (Wildman–Crippen MR) is 120 cm³/mol. The van der Waals surface area contributed by atoms with Crippen LogP contribution < -0.4 is 14.8 Å². The summed E-state index contributed by atoms with van der Waals surface area (Å²) in [5.41, 5.74) is 2.51. The number of phenols is 1. The van der Waals surface area contributed by atoms with Crippen molar-refractivity contribution in [2.45, 2.75) is 25.7 Å². The first-order valence-corrected chi connectivity index (χ1v) is 11.2. The number of aromatic hydroxyl groups is 1. The highest BCUT2D eigenvalue weighted by Gasteiger charge is 2.16. The Labute approximate surface area is 177 Å². The van der Waals surface area contributed by atoms with Crippen molar-refractivity contribution in [3.8, 4) is 21.9 Å². The van der Waals surface area contributed by atoms with E-state index in [1.807, 2.05) is 25.1 Å². The molecule has 8 heteroatoms. The minimum atomic E-state index is -1.53. The first kappa shape index (κ1) is 21.1. The topological polar surface area (TPSA) is 83.5 Å². The number of ether oxygens (including phenoxy) is 1. The summed E-state index contributed by atoms with van der Waals surface area (Å²) in [6, 6.07) is 12.1. The molecule has 0 amide bonds. The number of methoxy groups -OCH3 is 1. The molecule has 0 aliphatic carbocycles. The van der Waals surface area contributed by atoms with Crippen LogP contribution in [0.15, 0.2) is 47.4 Å². The third kappa shape index (κ3) is 5.27. The van der Waals surface area contributed by atoms with Gasteiger partial charge in [0.05, 0.1) is 17.7 Å². The highest BCUT2D eigenvalue weighted by atomic mass is 32.2. The Bertz CT molecular complexity index is 1000. The van der Waals surface area contributed by atoms with E-state index < -0.39 is 11.0 Å². The highest BCUT2D eigenvalue weighted by molar-refractivity contribution is 7.86. The molecule has 3 aromatic rings. The van der Waals surface area contributed by atoms with Crippen molar-refractivity contribution in [3.63, 3.8) is 0 Å². The Kier molecular flexibility index (Phi) is 6.76. The van der Waals surface area contributed by atoms with Gasteiger partial charge in [-0.05, 0) is 60.9 Å². The monoisotopic (exact) mass is 431 g/mol. The zero-order valence-electron chi connectivity index (χ0n) is 16.9. The second kappa shape index (κ2) is 9.28. The summed E-state index contributed by atoms with van der Waals surface area (Å²) in [6.45, 7) is 7.14. The second-order valence-electron chi connectivity index (χ2n) is 6.99. The Morgan fingerprint density at radius 3 is 2.59 bits per heavy atom. The minimum absolute atomic E-state index is 0.156. The molecular formula is C21H25N3O3S2. The van der Waals surface area contributed by atoms with E-state index in [-0.39, 0.29) is 5.75 Å². The van der Waals surface area contributed by atoms with Gasteiger partial charge in [0.15, 0.2) is 16.1 Å². The molecule has 1 aromatic heterocycles. The molecule has 1 heterocycles. The van der Waals surface area contributed by atoms with Gasteiger partial charge in [0, 0.05) is 12.2 Å². The summed E-state index contributed by atoms with van der Waals surface area (Å²) in [7, 11) is 0.0238. The number of phenolic OH excluding ortho intramolecular Hbond substituents is 1. The van der Waals surface area contributed by atoms with Crippen molar-refractivity contribution in [2.24, 2.45) is 5.92 Å². The molecule has 0 bridgehead atoms. The molecule has 154 valence electrons. The van der Waals surface area contributed by atoms with Crippen LogP contribution in [0.4, 0.5) is 10.8 Å². The molecule has 1 atom stereocenters. The van der Waals surface area contributed by atoms with Gasteiger partial charge in [0.1, 0.15) is 16.4 Å². The van der Waals surface area contributed by atoms with Gasteiger partial charge in [-0.3, -0.25) is 0 Å². The molecule has 6 nitrogen and oxygen atoms in total. The summed E-state index contributed by atoms with van der Waals surface area (Å²) >= 11 is 1.58. The predicted octanol–water partition coefficient (Wildman–Crippen LogP) is 5.04. The van der Waals surface area contributed by atoms with Gasteiger partial charge < -0.3 is 19.9 Å². The molecule has 0 saturated carbocycles. The molecule has 3 N–H and O–H groups in total. The number of nitrogens with one attached hydrogen (secondary N) is 2. The van der Waals surface area contributed by atoms with Crippen LogP contribution in [0, 0.1) is 12.8 Å². The van der Waals surface area contributed by atoms with Crippen LogP contribution >= 0.6 is 11.3 Å². The Morgan fingerprint density at radius 1 is 1.21 bits per heavy atom. The van der Waals surface area contributed by atoms with Crippen molar-refractivity contribution < 1.29 is 14.1 Å². The van der Waals surface area contributed by atoms with Crippen LogP contribution in [0.1, 0.15) is 19.5 Å². The smallest absolute Gasteiger partial charge is 0.183 e. The lowest BCUT2D eigenvalue weighted by Crippen LogP contribution is -2.07. The number of benzene rings is 2. The van der Waals surface area contributed by atoms with Crippen molar-refractivity contribution in [1.29, 1.82) is 0 Å². The number of thiazole rings is 1. The quantitative estimate of drug-likeness (QED) is 0.436. The molecule has 0 aliphatic rings. The van der Waals surface area contributed by atoms with Crippen LogP contribution in [-0.2, 0) is 11.0 Å². The third-order valence-corrected chi connectivity index (χ3v) is 6.47. The van der Waals surface area contributed by atoms with E-state index in [4.69, 9.17) is 4.74 Å². The van der Waals surface area contributed by atoms with E-state index in [1.54, 1.807) is 42.7 Å². The Hall–Kier alpha value is -2.58. The van der Waals surface area contributed by atoms with E-state index in [1.165, 1.54) is 0 Å². The Balaban J connectivity index is 1.89. The number of nitrogens with zero attached hydrogens (tertiary/aromatic N) is 1. The summed E-state index contributed by atoms with van der Waals surface area (Å²) < 4.78 is 21.3. The molecule has 3 rings (SSSR count). The summed E-state index contributed by atoms with van der Waals surface area (Å²) in [6.07, 6.45) is 0. The zero-order chi connectivity index (χ0) is 21.0. The zero-order valence-corrected chi connectivity index (χ0v) is 18.5. The number of hydrogen-bond acceptors (Lipinski definition) is 6. The average molecular weight is 432 g/mol. The fraction of sp³-hybridized carbons (Fsp3) is 0.286. The lowest BCUT2D eigenvalue weighted by atomic mass is 10.1. The maximum absolute atomic E-state index is 13.0. The number of anilines is 2. The first-order chi connectivity index (χ1) is 13.9. The molecule has 1 unspecified atom stereocenters. The van der Waals surface area contributed by atoms with Crippen LogP contribution in [-0.4, -0.2) is 28.0 Å². The van der Waals surface area contributed by atoms with Crippen molar-refractivity contribution in [1.82, 2.24) is 4.98 Å². The van der Waals surface area contributed by atoms with Crippen molar-refractivity contribution in [3.05, 3.63) is 48.2 Å². The number of aryl methyl sites for hydroxylation is 1. The second-order valence-corrected chi connectivity index (χ2v) is 9.17. The van der Waals surface area contributed by atoms with E-state index in [0.717, 1.165) is 27.8 Å². The van der Waals surface area contributed by atoms with Crippen LogP contribution in [0.25, 0.3) is 10.4 Å². The SMILES string of the molecule is COc1ccc(-c2sc(NCC(C)C)nc2C)cc1S(=O)Nc1ccc(O)cc1. The molecule has 0 saturated heterocycles. The molecule has 0 fully saturated rings. The lowest BCUT2D eigenvalue weighted by molar-refractivity contribution is 0.404. The van der Waals surface area contributed by atoms with Crippen LogP contribution in [0.5, 0.6) is 11.5 Å². The highest BCUT2D eigenvalue weighted by Crippen LogP contribution is 2.36. The standard InChI is InChI=1S/C21H25N3O3S2/c1-13(2)12-22-21-23-14(3)20(28-21)15-5-10-18(27-4)19(11-15)29(26)24-16-6-8-17(25)9-7-16/h5-11,13,24-25H,12H2,1-4H3,(H,22,23). The molecule has 29 heavy (non-hydrogen) atoms. The van der Waals surface area contributed by atoms with E-state index >= 15 is 0 Å².